The molecule has 0 aromatic heterocycles. The first-order valence-corrected chi connectivity index (χ1v) is 8.34. The third kappa shape index (κ3) is 5.34. The zero-order valence-corrected chi connectivity index (χ0v) is 15.4. The molecule has 2 aromatic carbocycles. The molecule has 0 saturated heterocycles. The molecule has 25 heavy (non-hydrogen) atoms. The molecule has 0 amide bonds. The topological polar surface area (TPSA) is 36.9 Å². The predicted molar refractivity (Wildman–Crippen MR) is 100 cm³/mol. The van der Waals surface area contributed by atoms with Gasteiger partial charge in [0.25, 0.3) is 0 Å². The zero-order valence-electron chi connectivity index (χ0n) is 15.4. The van der Waals surface area contributed by atoms with Gasteiger partial charge >= 0.3 is 0 Å². The Balaban J connectivity index is 2.47. The number of hydrogen-bond donors (Lipinski definition) is 0. The Hall–Kier alpha value is -2.30. The summed E-state index contributed by atoms with van der Waals surface area (Å²) in [7, 11) is 3.28. The fourth-order valence-corrected chi connectivity index (χ4v) is 2.52. The SMILES string of the molecule is CCOC/C=C(/c1ccc(OC)cc1)c1cc(C)ccc1OCOC. The summed E-state index contributed by atoms with van der Waals surface area (Å²) >= 11 is 0. The predicted octanol–water partition coefficient (Wildman–Crippen LogP) is 4.45. The average molecular weight is 342 g/mol. The van der Waals surface area contributed by atoms with Gasteiger partial charge in [0, 0.05) is 19.3 Å². The molecular weight excluding hydrogens is 316 g/mol. The summed E-state index contributed by atoms with van der Waals surface area (Å²) in [6, 6.07) is 14.1. The highest BCUT2D eigenvalue weighted by molar-refractivity contribution is 5.83. The number of benzene rings is 2. The van der Waals surface area contributed by atoms with Crippen LogP contribution in [-0.4, -0.2) is 34.2 Å². The summed E-state index contributed by atoms with van der Waals surface area (Å²) in [6.07, 6.45) is 2.08. The van der Waals surface area contributed by atoms with Crippen LogP contribution >= 0.6 is 0 Å². The second-order valence-electron chi connectivity index (χ2n) is 5.56. The summed E-state index contributed by atoms with van der Waals surface area (Å²) in [5.74, 6) is 1.61. The minimum Gasteiger partial charge on any atom is -0.497 e. The number of aryl methyl sites for hydroxylation is 1. The molecule has 0 aliphatic heterocycles. The van der Waals surface area contributed by atoms with Crippen LogP contribution in [0.25, 0.3) is 5.57 Å². The van der Waals surface area contributed by atoms with E-state index in [1.807, 2.05) is 43.3 Å². The van der Waals surface area contributed by atoms with Crippen molar-refractivity contribution in [3.8, 4) is 11.5 Å². The van der Waals surface area contributed by atoms with Crippen molar-refractivity contribution in [3.63, 3.8) is 0 Å². The quantitative estimate of drug-likeness (QED) is 0.498. The van der Waals surface area contributed by atoms with Crippen molar-refractivity contribution in [3.05, 3.63) is 65.2 Å². The van der Waals surface area contributed by atoms with Gasteiger partial charge in [0.15, 0.2) is 6.79 Å². The highest BCUT2D eigenvalue weighted by Crippen LogP contribution is 2.33. The molecule has 2 aromatic rings. The number of rotatable bonds is 9. The van der Waals surface area contributed by atoms with Crippen molar-refractivity contribution in [1.29, 1.82) is 0 Å². The molecule has 0 radical (unpaired) electrons. The maximum absolute atomic E-state index is 5.77. The van der Waals surface area contributed by atoms with Crippen LogP contribution in [0.3, 0.4) is 0 Å². The highest BCUT2D eigenvalue weighted by atomic mass is 16.7. The fourth-order valence-electron chi connectivity index (χ4n) is 2.52. The van der Waals surface area contributed by atoms with Crippen molar-refractivity contribution in [1.82, 2.24) is 0 Å². The molecule has 0 aliphatic rings. The lowest BCUT2D eigenvalue weighted by molar-refractivity contribution is 0.0509. The van der Waals surface area contributed by atoms with Gasteiger partial charge in [-0.2, -0.15) is 0 Å². The summed E-state index contributed by atoms with van der Waals surface area (Å²) in [4.78, 5) is 0. The molecule has 0 N–H and O–H groups in total. The molecule has 0 unspecified atom stereocenters. The Morgan fingerprint density at radius 3 is 2.44 bits per heavy atom. The van der Waals surface area contributed by atoms with Gasteiger partial charge < -0.3 is 18.9 Å². The van der Waals surface area contributed by atoms with Gasteiger partial charge in [-0.3, -0.25) is 0 Å². The Morgan fingerprint density at radius 1 is 1.04 bits per heavy atom. The summed E-state index contributed by atoms with van der Waals surface area (Å²) < 4.78 is 21.6. The minimum atomic E-state index is 0.206. The fraction of sp³-hybridized carbons (Fsp3) is 0.333. The van der Waals surface area contributed by atoms with Crippen LogP contribution in [-0.2, 0) is 9.47 Å². The molecule has 0 saturated carbocycles. The lowest BCUT2D eigenvalue weighted by atomic mass is 9.95. The molecule has 0 atom stereocenters. The van der Waals surface area contributed by atoms with Crippen molar-refractivity contribution in [2.45, 2.75) is 13.8 Å². The van der Waals surface area contributed by atoms with E-state index < -0.39 is 0 Å². The monoisotopic (exact) mass is 342 g/mol. The van der Waals surface area contributed by atoms with Gasteiger partial charge in [0.2, 0.25) is 0 Å². The molecule has 4 heteroatoms. The van der Waals surface area contributed by atoms with E-state index in [1.165, 1.54) is 0 Å². The van der Waals surface area contributed by atoms with Crippen molar-refractivity contribution in [2.24, 2.45) is 0 Å². The lowest BCUT2D eigenvalue weighted by Gasteiger charge is -2.16. The normalized spacial score (nSPS) is 11.4. The van der Waals surface area contributed by atoms with Crippen molar-refractivity contribution < 1.29 is 18.9 Å². The van der Waals surface area contributed by atoms with Gasteiger partial charge in [0.05, 0.1) is 13.7 Å². The Bertz CT molecular complexity index is 690. The third-order valence-corrected chi connectivity index (χ3v) is 3.77. The van der Waals surface area contributed by atoms with E-state index in [-0.39, 0.29) is 6.79 Å². The van der Waals surface area contributed by atoms with E-state index >= 15 is 0 Å². The second kappa shape index (κ2) is 9.87. The Morgan fingerprint density at radius 2 is 1.80 bits per heavy atom. The van der Waals surface area contributed by atoms with Crippen molar-refractivity contribution in [2.75, 3.05) is 34.2 Å². The Kier molecular flexibility index (Phi) is 7.51. The van der Waals surface area contributed by atoms with Crippen LogP contribution in [0.5, 0.6) is 11.5 Å². The first-order chi connectivity index (χ1) is 12.2. The summed E-state index contributed by atoms with van der Waals surface area (Å²) in [5.41, 5.74) is 4.32. The first-order valence-electron chi connectivity index (χ1n) is 8.34. The van der Waals surface area contributed by atoms with Gasteiger partial charge in [-0.05, 0) is 49.2 Å². The largest absolute Gasteiger partial charge is 0.497 e. The van der Waals surface area contributed by atoms with E-state index in [2.05, 4.69) is 19.1 Å². The molecule has 0 bridgehead atoms. The molecule has 134 valence electrons. The molecule has 0 heterocycles. The van der Waals surface area contributed by atoms with Crippen LogP contribution in [0.2, 0.25) is 0 Å². The third-order valence-electron chi connectivity index (χ3n) is 3.77. The van der Waals surface area contributed by atoms with Crippen LogP contribution in [0, 0.1) is 6.92 Å². The summed E-state index contributed by atoms with van der Waals surface area (Å²) in [6.45, 7) is 5.47. The molecule has 0 spiro atoms. The van der Waals surface area contributed by atoms with Crippen LogP contribution in [0.1, 0.15) is 23.6 Å². The van der Waals surface area contributed by atoms with E-state index in [9.17, 15) is 0 Å². The van der Waals surface area contributed by atoms with Crippen molar-refractivity contribution >= 4 is 5.57 Å². The van der Waals surface area contributed by atoms with Crippen LogP contribution in [0.15, 0.2) is 48.5 Å². The van der Waals surface area contributed by atoms with Gasteiger partial charge in [0.1, 0.15) is 11.5 Å². The molecule has 0 aliphatic carbocycles. The van der Waals surface area contributed by atoms with Crippen LogP contribution in [0.4, 0.5) is 0 Å². The maximum atomic E-state index is 5.77. The lowest BCUT2D eigenvalue weighted by Crippen LogP contribution is -2.03. The molecule has 0 fully saturated rings. The number of hydrogen-bond acceptors (Lipinski definition) is 4. The van der Waals surface area contributed by atoms with E-state index in [4.69, 9.17) is 18.9 Å². The second-order valence-corrected chi connectivity index (χ2v) is 5.56. The smallest absolute Gasteiger partial charge is 0.188 e. The molecule has 2 rings (SSSR count). The average Bonchev–Trinajstić information content (AvgIpc) is 2.64. The van der Waals surface area contributed by atoms with E-state index in [0.29, 0.717) is 13.2 Å². The van der Waals surface area contributed by atoms with Gasteiger partial charge in [-0.25, -0.2) is 0 Å². The number of methoxy groups -OCH3 is 2. The standard InChI is InChI=1S/C21H26O4/c1-5-24-13-12-19(17-7-9-18(23-4)10-8-17)20-14-16(2)6-11-21(20)25-15-22-3/h6-12,14H,5,13,15H2,1-4H3/b19-12-. The van der Waals surface area contributed by atoms with E-state index in [1.54, 1.807) is 14.2 Å². The highest BCUT2D eigenvalue weighted by Gasteiger charge is 2.12. The minimum absolute atomic E-state index is 0.206. The van der Waals surface area contributed by atoms with Crippen LogP contribution < -0.4 is 9.47 Å². The summed E-state index contributed by atoms with van der Waals surface area (Å²) in [5, 5.41) is 0. The zero-order chi connectivity index (χ0) is 18.1. The Labute approximate surface area is 150 Å². The number of ether oxygens (including phenoxy) is 4. The molecule has 4 nitrogen and oxygen atoms in total. The molecular formula is C21H26O4. The van der Waals surface area contributed by atoms with Gasteiger partial charge in [-0.1, -0.05) is 29.8 Å². The van der Waals surface area contributed by atoms with Gasteiger partial charge in [-0.15, -0.1) is 0 Å². The van der Waals surface area contributed by atoms with E-state index in [0.717, 1.165) is 33.8 Å². The maximum Gasteiger partial charge on any atom is 0.188 e. The first kappa shape index (κ1) is 19.0.